The zero-order chi connectivity index (χ0) is 64.4. The molecule has 1 aromatic heterocycles. The van der Waals surface area contributed by atoms with Crippen molar-refractivity contribution in [2.75, 3.05) is 9.80 Å². The molecule has 0 bridgehead atoms. The maximum Gasteiger partial charge on any atom is 0.252 e. The van der Waals surface area contributed by atoms with Crippen molar-refractivity contribution in [3.05, 3.63) is 327 Å². The van der Waals surface area contributed by atoms with E-state index in [0.717, 1.165) is 95.3 Å². The fraction of sp³-hybridized carbons (Fsp3) is 0.0899. The molecule has 5 nitrogen and oxygen atoms in total. The molecular weight excluding hydrogens is 1150 g/mol. The van der Waals surface area contributed by atoms with Gasteiger partial charge < -0.3 is 9.80 Å². The number of nitrogens with zero attached hydrogens (tertiary/aromatic N) is 5. The second kappa shape index (κ2) is 23.9. The number of hydrogen-bond acceptors (Lipinski definition) is 5. The largest absolute Gasteiger partial charge is 0.311 e. The van der Waals surface area contributed by atoms with Crippen LogP contribution in [0.4, 0.5) is 34.1 Å². The molecule has 0 atom stereocenters. The van der Waals surface area contributed by atoms with E-state index in [1.54, 1.807) is 0 Å². The van der Waals surface area contributed by atoms with Crippen LogP contribution in [0.3, 0.4) is 0 Å². The zero-order valence-corrected chi connectivity index (χ0v) is 54.3. The number of rotatable bonds is 11. The Hall–Kier alpha value is -11.5. The van der Waals surface area contributed by atoms with Crippen molar-refractivity contribution in [1.29, 1.82) is 0 Å². The molecule has 2 aliphatic rings. The van der Waals surface area contributed by atoms with Gasteiger partial charge in [-0.05, 0) is 190 Å². The lowest BCUT2D eigenvalue weighted by Gasteiger charge is -2.44. The van der Waals surface area contributed by atoms with Gasteiger partial charge in [-0.1, -0.05) is 272 Å². The van der Waals surface area contributed by atoms with Gasteiger partial charge in [0.05, 0.1) is 0 Å². The molecule has 454 valence electrons. The van der Waals surface area contributed by atoms with Gasteiger partial charge in [0.2, 0.25) is 0 Å². The molecule has 0 saturated heterocycles. The summed E-state index contributed by atoms with van der Waals surface area (Å²) in [5.74, 6) is 1.69. The number of anilines is 6. The summed E-state index contributed by atoms with van der Waals surface area (Å²) in [5.41, 5.74) is 28.5. The molecular formula is C89H70BN5. The fourth-order valence-corrected chi connectivity index (χ4v) is 14.0. The molecule has 0 fully saturated rings. The minimum Gasteiger partial charge on any atom is -0.311 e. The normalized spacial score (nSPS) is 12.5. The molecule has 0 amide bonds. The van der Waals surface area contributed by atoms with Crippen LogP contribution in [0.15, 0.2) is 315 Å². The van der Waals surface area contributed by atoms with Crippen LogP contribution in [0.1, 0.15) is 52.7 Å². The number of fused-ring (bicyclic) bond motifs is 4. The monoisotopic (exact) mass is 1220 g/mol. The van der Waals surface area contributed by atoms with Crippen LogP contribution in [0, 0.1) is 0 Å². The average Bonchev–Trinajstić information content (AvgIpc) is 0.696. The second-order valence-electron chi connectivity index (χ2n) is 27.3. The van der Waals surface area contributed by atoms with E-state index in [-0.39, 0.29) is 17.5 Å². The van der Waals surface area contributed by atoms with Crippen LogP contribution in [0.25, 0.3) is 101 Å². The minimum absolute atomic E-state index is 0.0602. The first-order valence-corrected chi connectivity index (χ1v) is 33.0. The molecule has 0 saturated carbocycles. The summed E-state index contributed by atoms with van der Waals surface area (Å²) in [5, 5.41) is 0. The topological polar surface area (TPSA) is 45.2 Å². The molecule has 3 heterocycles. The molecule has 13 aromatic carbocycles. The van der Waals surface area contributed by atoms with Crippen molar-refractivity contribution in [3.63, 3.8) is 0 Å². The van der Waals surface area contributed by atoms with Gasteiger partial charge in [-0.2, -0.15) is 0 Å². The molecule has 0 aliphatic carbocycles. The maximum atomic E-state index is 5.78. The minimum atomic E-state index is -0.194. The molecule has 2 aliphatic heterocycles. The molecule has 16 rings (SSSR count). The van der Waals surface area contributed by atoms with Gasteiger partial charge in [-0.25, -0.2) is 15.0 Å². The summed E-state index contributed by atoms with van der Waals surface area (Å²) in [7, 11) is 0. The van der Waals surface area contributed by atoms with E-state index in [2.05, 4.69) is 367 Å². The summed E-state index contributed by atoms with van der Waals surface area (Å²) in [6.07, 6.45) is 0. The lowest BCUT2D eigenvalue weighted by atomic mass is 9.33. The van der Waals surface area contributed by atoms with Crippen LogP contribution in [0.2, 0.25) is 0 Å². The van der Waals surface area contributed by atoms with Crippen molar-refractivity contribution in [2.24, 2.45) is 0 Å². The van der Waals surface area contributed by atoms with Gasteiger partial charge in [0.25, 0.3) is 6.71 Å². The van der Waals surface area contributed by atoms with E-state index < -0.39 is 0 Å². The highest BCUT2D eigenvalue weighted by Gasteiger charge is 2.44. The molecule has 95 heavy (non-hydrogen) atoms. The summed E-state index contributed by atoms with van der Waals surface area (Å²) in [4.78, 5) is 22.2. The summed E-state index contributed by atoms with van der Waals surface area (Å²) < 4.78 is 0. The van der Waals surface area contributed by atoms with E-state index in [1.165, 1.54) is 49.8 Å². The maximum absolute atomic E-state index is 5.78. The van der Waals surface area contributed by atoms with Crippen molar-refractivity contribution in [2.45, 2.75) is 52.4 Å². The Morgan fingerprint density at radius 3 is 0.779 bits per heavy atom. The van der Waals surface area contributed by atoms with Gasteiger partial charge >= 0.3 is 0 Å². The fourth-order valence-electron chi connectivity index (χ4n) is 14.0. The van der Waals surface area contributed by atoms with Crippen LogP contribution < -0.4 is 26.2 Å². The van der Waals surface area contributed by atoms with Gasteiger partial charge in [-0.3, -0.25) is 0 Å². The third-order valence-corrected chi connectivity index (χ3v) is 19.0. The quantitative estimate of drug-likeness (QED) is 0.121. The number of benzene rings is 13. The highest BCUT2D eigenvalue weighted by molar-refractivity contribution is 7.00. The predicted molar refractivity (Wildman–Crippen MR) is 400 cm³/mol. The number of aromatic nitrogens is 3. The van der Waals surface area contributed by atoms with Crippen LogP contribution in [-0.4, -0.2) is 21.7 Å². The van der Waals surface area contributed by atoms with Gasteiger partial charge in [0, 0.05) is 50.8 Å². The Morgan fingerprint density at radius 2 is 0.495 bits per heavy atom. The third-order valence-electron chi connectivity index (χ3n) is 19.0. The Balaban J connectivity index is 1.01. The predicted octanol–water partition coefficient (Wildman–Crippen LogP) is 21.6. The first kappa shape index (κ1) is 58.6. The second-order valence-corrected chi connectivity index (χ2v) is 27.3. The summed E-state index contributed by atoms with van der Waals surface area (Å²) >= 11 is 0. The van der Waals surface area contributed by atoms with Gasteiger partial charge in [-0.15, -0.1) is 0 Å². The van der Waals surface area contributed by atoms with Crippen LogP contribution in [0.5, 0.6) is 0 Å². The molecule has 0 unspecified atom stereocenters. The first-order chi connectivity index (χ1) is 46.3. The van der Waals surface area contributed by atoms with Crippen LogP contribution in [-0.2, 0) is 10.8 Å². The summed E-state index contributed by atoms with van der Waals surface area (Å²) in [6, 6.07) is 115. The first-order valence-electron chi connectivity index (χ1n) is 33.0. The molecule has 14 aromatic rings. The lowest BCUT2D eigenvalue weighted by Crippen LogP contribution is -2.61. The SMILES string of the molecule is CC(C)(C)c1ccc(N2c3ccc(-c4ccccc4)cc3B3c4cc(-c5ccccc5)ccc4N(c4ccc(C(C)(C)C)cc4)c4cc(-c5nc(-c6cc(-c7ccccc7)cc(-c7ccccc7)c6)nc(-c6cc(-c7ccccc7)cc(-c7ccccc7)c6)n5)cc2c43)cc1. The van der Waals surface area contributed by atoms with E-state index >= 15 is 0 Å². The van der Waals surface area contributed by atoms with Crippen molar-refractivity contribution in [3.8, 4) is 101 Å². The molecule has 0 N–H and O–H groups in total. The van der Waals surface area contributed by atoms with Gasteiger partial charge in [0.15, 0.2) is 17.5 Å². The molecule has 0 spiro atoms. The molecule has 6 heteroatoms. The molecule has 0 radical (unpaired) electrons. The average molecular weight is 1220 g/mol. The lowest BCUT2D eigenvalue weighted by molar-refractivity contribution is 0.590. The highest BCUT2D eigenvalue weighted by Crippen LogP contribution is 2.48. The Bertz CT molecular complexity index is 4730. The van der Waals surface area contributed by atoms with Crippen molar-refractivity contribution >= 4 is 57.2 Å². The number of hydrogen-bond donors (Lipinski definition) is 0. The van der Waals surface area contributed by atoms with Crippen molar-refractivity contribution in [1.82, 2.24) is 15.0 Å². The van der Waals surface area contributed by atoms with E-state index in [4.69, 9.17) is 15.0 Å². The standard InChI is InChI=1S/C89H70BN5/c1-88(2,3)74-39-43-76(44-40-74)94-80-47-37-65(59-25-13-7-14-26-59)55-78(80)90-79-56-66(60-27-15-8-16-28-60)38-48-81(79)95(77-45-41-75(42-46-77)89(4,5)6)83-58-73(57-82(94)84(83)90)87-92-85(71-51-67(61-29-17-9-18-30-61)49-68(52-71)62-31-19-10-20-32-62)91-86(93-87)72-53-69(63-33-21-11-22-34-63)50-70(54-72)64-35-23-12-24-36-64/h7-58H,1-6H3. The summed E-state index contributed by atoms with van der Waals surface area (Å²) in [6.45, 7) is 13.5. The Labute approximate surface area is 558 Å². The van der Waals surface area contributed by atoms with E-state index in [1.807, 2.05) is 0 Å². The van der Waals surface area contributed by atoms with Crippen molar-refractivity contribution < 1.29 is 0 Å². The smallest absolute Gasteiger partial charge is 0.252 e. The van der Waals surface area contributed by atoms with Crippen LogP contribution >= 0.6 is 0 Å². The Morgan fingerprint density at radius 1 is 0.232 bits per heavy atom. The Kier molecular flexibility index (Phi) is 14.7. The zero-order valence-electron chi connectivity index (χ0n) is 54.3. The highest BCUT2D eigenvalue weighted by atomic mass is 15.2. The van der Waals surface area contributed by atoms with Gasteiger partial charge in [0.1, 0.15) is 0 Å². The van der Waals surface area contributed by atoms with E-state index in [0.29, 0.717) is 17.5 Å². The van der Waals surface area contributed by atoms with E-state index in [9.17, 15) is 0 Å². The third kappa shape index (κ3) is 11.2.